The van der Waals surface area contributed by atoms with Gasteiger partial charge >= 0.3 is 0 Å². The van der Waals surface area contributed by atoms with Crippen molar-refractivity contribution in [3.05, 3.63) is 169 Å². The molecule has 1 heteroatoms. The molecule has 9 aromatic rings. The maximum absolute atomic E-state index is 9.57. The van der Waals surface area contributed by atoms with E-state index in [1.54, 1.807) is 0 Å². The normalized spacial score (nSPS) is 20.3. The molecule has 1 heterocycles. The zero-order valence-electron chi connectivity index (χ0n) is 50.4. The van der Waals surface area contributed by atoms with Gasteiger partial charge in [-0.1, -0.05) is 157 Å². The molecule has 8 aromatic carbocycles. The molecule has 0 aliphatic rings. The first kappa shape index (κ1) is 10.1. The fourth-order valence-electron chi connectivity index (χ4n) is 5.17. The van der Waals surface area contributed by atoms with Crippen molar-refractivity contribution in [2.75, 3.05) is 0 Å². The predicted octanol–water partition coefficient (Wildman–Crippen LogP) is 12.6. The molecule has 0 aliphatic carbocycles. The number of furan rings is 1. The molecule has 0 radical (unpaired) electrons. The van der Waals surface area contributed by atoms with Crippen LogP contribution in [0.4, 0.5) is 0 Å². The van der Waals surface area contributed by atoms with Crippen LogP contribution in [0.1, 0.15) is 38.4 Å². The van der Waals surface area contributed by atoms with Gasteiger partial charge < -0.3 is 4.42 Å². The Morgan fingerprint density at radius 3 is 1.31 bits per heavy atom. The van der Waals surface area contributed by atoms with Crippen molar-refractivity contribution in [1.82, 2.24) is 0 Å². The van der Waals surface area contributed by atoms with Gasteiger partial charge in [0.1, 0.15) is 11.2 Å². The molecule has 0 bridgehead atoms. The van der Waals surface area contributed by atoms with Crippen LogP contribution < -0.4 is 0 Å². The minimum atomic E-state index is -1.10. The molecule has 0 atom stereocenters. The molecule has 0 unspecified atom stereocenters. The van der Waals surface area contributed by atoms with Crippen LogP contribution in [-0.4, -0.2) is 0 Å². The molecule has 0 fully saturated rings. The number of benzene rings is 8. The van der Waals surface area contributed by atoms with Gasteiger partial charge in [-0.3, -0.25) is 0 Å². The van der Waals surface area contributed by atoms with Crippen LogP contribution in [-0.2, 0) is 0 Å². The lowest BCUT2D eigenvalue weighted by atomic mass is 9.85. The van der Waals surface area contributed by atoms with E-state index in [0.717, 1.165) is 0 Å². The van der Waals surface area contributed by atoms with Crippen molar-refractivity contribution < 1.29 is 42.8 Å². The summed E-state index contributed by atoms with van der Waals surface area (Å²) in [7, 11) is 0. The number of fused-ring (bicyclic) bond motifs is 5. The highest BCUT2D eigenvalue weighted by Crippen LogP contribution is 2.44. The van der Waals surface area contributed by atoms with Crippen LogP contribution in [0.25, 0.3) is 88.0 Å². The van der Waals surface area contributed by atoms with Crippen LogP contribution >= 0.6 is 0 Å². The van der Waals surface area contributed by atoms with E-state index in [1.807, 2.05) is 0 Å². The largest absolute Gasteiger partial charge is 0.456 e. The first-order valence-electron chi connectivity index (χ1n) is 27.2. The molecule has 0 saturated carbocycles. The van der Waals surface area contributed by atoms with Crippen molar-refractivity contribution in [1.29, 1.82) is 0 Å². The number of para-hydroxylation sites is 1. The average Bonchev–Trinajstić information content (AvgIpc) is 3.76. The monoisotopic (exact) mass is 600 g/mol. The van der Waals surface area contributed by atoms with E-state index in [-0.39, 0.29) is 0 Å². The van der Waals surface area contributed by atoms with E-state index in [9.17, 15) is 13.7 Å². The summed E-state index contributed by atoms with van der Waals surface area (Å²) in [4.78, 5) is 0. The third-order valence-electron chi connectivity index (χ3n) is 7.07. The first-order valence-corrected chi connectivity index (χ1v) is 13.2. The number of hydrogen-bond donors (Lipinski definition) is 0. The second-order valence-corrected chi connectivity index (χ2v) is 9.51. The Morgan fingerprint density at radius 2 is 0.733 bits per heavy atom. The van der Waals surface area contributed by atoms with Gasteiger partial charge in [0.15, 0.2) is 0 Å². The molecule has 0 N–H and O–H groups in total. The molecule has 1 aromatic heterocycles. The fraction of sp³-hybridized carbons (Fsp3) is 0. The van der Waals surface area contributed by atoms with Crippen LogP contribution in [0.5, 0.6) is 0 Å². The van der Waals surface area contributed by atoms with Gasteiger partial charge in [-0.2, -0.15) is 0 Å². The fourth-order valence-corrected chi connectivity index (χ4v) is 5.17. The Labute approximate surface area is 301 Å². The zero-order chi connectivity index (χ0) is 54.1. The Morgan fingerprint density at radius 1 is 0.311 bits per heavy atom. The van der Waals surface area contributed by atoms with Gasteiger partial charge in [0.2, 0.25) is 0 Å². The summed E-state index contributed by atoms with van der Waals surface area (Å²) in [6, 6.07) is -26.6. The van der Waals surface area contributed by atoms with Crippen LogP contribution in [0.15, 0.2) is 174 Å². The molecule has 0 spiro atoms. The topological polar surface area (TPSA) is 13.1 Å². The molecule has 0 amide bonds. The molecule has 1 nitrogen and oxygen atoms in total. The Balaban J connectivity index is 1.51. The van der Waals surface area contributed by atoms with E-state index in [2.05, 4.69) is 0 Å². The molecular formula is C44H28O. The summed E-state index contributed by atoms with van der Waals surface area (Å²) < 4.78 is 255. The highest BCUT2D eigenvalue weighted by Gasteiger charge is 2.17. The summed E-state index contributed by atoms with van der Waals surface area (Å²) >= 11 is 0. The van der Waals surface area contributed by atoms with Crippen molar-refractivity contribution in [3.8, 4) is 44.5 Å². The Hall–Kier alpha value is -5.92. The molecular weight excluding hydrogens is 544 g/mol. The molecule has 0 saturated heterocycles. The van der Waals surface area contributed by atoms with E-state index in [0.29, 0.717) is 0 Å². The minimum absolute atomic E-state index is 0.436. The molecule has 0 aliphatic heterocycles. The first-order chi connectivity index (χ1) is 34.0. The van der Waals surface area contributed by atoms with Crippen molar-refractivity contribution >= 4 is 43.5 Å². The third-order valence-corrected chi connectivity index (χ3v) is 7.07. The lowest BCUT2D eigenvalue weighted by Gasteiger charge is -2.18. The molecule has 9 rings (SSSR count). The van der Waals surface area contributed by atoms with Gasteiger partial charge in [0.05, 0.1) is 38.4 Å². The number of rotatable bonds is 4. The van der Waals surface area contributed by atoms with Gasteiger partial charge in [0, 0.05) is 10.8 Å². The predicted molar refractivity (Wildman–Crippen MR) is 190 cm³/mol. The van der Waals surface area contributed by atoms with E-state index in [4.69, 9.17) is 29.1 Å². The molecule has 45 heavy (non-hydrogen) atoms. The lowest BCUT2D eigenvalue weighted by molar-refractivity contribution is 0.669. The van der Waals surface area contributed by atoms with Crippen LogP contribution in [0, 0.1) is 0 Å². The minimum Gasteiger partial charge on any atom is -0.456 e. The zero-order valence-corrected chi connectivity index (χ0v) is 22.4. The second-order valence-electron chi connectivity index (χ2n) is 9.51. The summed E-state index contributed by atoms with van der Waals surface area (Å²) in [5.41, 5.74) is -7.34. The smallest absolute Gasteiger partial charge is 0.136 e. The highest BCUT2D eigenvalue weighted by molar-refractivity contribution is 6.21. The summed E-state index contributed by atoms with van der Waals surface area (Å²) in [6.45, 7) is 0. The molecule has 210 valence electrons. The van der Waals surface area contributed by atoms with E-state index in [1.165, 1.54) is 0 Å². The van der Waals surface area contributed by atoms with Gasteiger partial charge in [-0.25, -0.2) is 0 Å². The summed E-state index contributed by atoms with van der Waals surface area (Å²) in [5.74, 6) is 0. The standard InChI is InChI=1S/C44H28O/c1-2-11-29(12-3-1)30-21-25-32(26-22-30)42-35-13-4-6-15-37(35)43(38-16-7-5-14-36(38)42)33-27-23-31(24-28-33)34-18-10-20-41-44(34)39-17-8-9-19-40(39)45-41/h1-28H/i1D,2D,3D,4D,5D,6D,7D,8D,9D,10D,11D,12D,13D,14D,15D,16D,17D,18D,19D,20D,21D,22D,23D,24D,25D,26D,27D,28D. The van der Waals surface area contributed by atoms with E-state index >= 15 is 0 Å². The van der Waals surface area contributed by atoms with E-state index < -0.39 is 257 Å². The second kappa shape index (κ2) is 10.4. The number of hydrogen-bond acceptors (Lipinski definition) is 1. The SMILES string of the molecule is [2H]c1c([2H])c([2H])c(-c2c([2H])c([2H])c(-c3c4c([2H])c([2H])c([2H])c([2H])c4c(-c4c([2H])c([2H])c(-c5c([2H])c([2H])c([2H])c6oc7c([2H])c([2H])c([2H])c([2H])c7c56)c([2H])c4[2H])c4c([2H])c([2H])c([2H])c([2H])c34)c([2H])c2[2H])c([2H])c1[2H]. The third kappa shape index (κ3) is 4.17. The maximum Gasteiger partial charge on any atom is 0.136 e. The van der Waals surface area contributed by atoms with Crippen molar-refractivity contribution in [2.45, 2.75) is 0 Å². The lowest BCUT2D eigenvalue weighted by Crippen LogP contribution is -1.91. The Bertz CT molecular complexity index is 3950. The quantitative estimate of drug-likeness (QED) is 0.183. The van der Waals surface area contributed by atoms with Gasteiger partial charge in [-0.15, -0.1) is 0 Å². The average molecular weight is 601 g/mol. The maximum atomic E-state index is 9.57. The summed E-state index contributed by atoms with van der Waals surface area (Å²) in [5, 5.41) is -3.97. The van der Waals surface area contributed by atoms with Crippen molar-refractivity contribution in [2.24, 2.45) is 0 Å². The summed E-state index contributed by atoms with van der Waals surface area (Å²) in [6.07, 6.45) is 0. The highest BCUT2D eigenvalue weighted by atomic mass is 16.3. The van der Waals surface area contributed by atoms with Crippen molar-refractivity contribution in [3.63, 3.8) is 0 Å². The van der Waals surface area contributed by atoms with Crippen LogP contribution in [0.3, 0.4) is 0 Å². The van der Waals surface area contributed by atoms with Crippen LogP contribution in [0.2, 0.25) is 0 Å². The van der Waals surface area contributed by atoms with Gasteiger partial charge in [-0.05, 0) is 78.1 Å². The van der Waals surface area contributed by atoms with Gasteiger partial charge in [0.25, 0.3) is 0 Å². The Kier molecular flexibility index (Phi) is 2.32.